The zero-order valence-electron chi connectivity index (χ0n) is 49.8. The zero-order valence-corrected chi connectivity index (χ0v) is 49.8. The third-order valence-corrected chi connectivity index (χ3v) is 14.7. The number of aliphatic hydroxyl groups is 1. The Morgan fingerprint density at radius 1 is 0.964 bits per heavy atom. The lowest BCUT2D eigenvalue weighted by atomic mass is 9.83. The number of ether oxygens (including phenoxy) is 7. The largest absolute Gasteiger partial charge is 0.496 e. The molecule has 2 saturated heterocycles. The first kappa shape index (κ1) is 64.5. The number of allylic oxidation sites excluding steroid dienone is 3. The van der Waals surface area contributed by atoms with Crippen LogP contribution in [0.3, 0.4) is 0 Å². The predicted octanol–water partition coefficient (Wildman–Crippen LogP) is 7.34. The van der Waals surface area contributed by atoms with Crippen LogP contribution in [0, 0.1) is 17.8 Å². The van der Waals surface area contributed by atoms with E-state index in [1.165, 1.54) is 12.0 Å². The number of hydrogen-bond donors (Lipinski definition) is 7. The van der Waals surface area contributed by atoms with Gasteiger partial charge in [-0.15, -0.1) is 0 Å². The summed E-state index contributed by atoms with van der Waals surface area (Å²) in [5.41, 5.74) is 6.20. The lowest BCUT2D eigenvalue weighted by Crippen LogP contribution is -2.63. The van der Waals surface area contributed by atoms with Crippen molar-refractivity contribution < 1.29 is 71.8 Å². The summed E-state index contributed by atoms with van der Waals surface area (Å²) in [6, 6.07) is 15.3. The lowest BCUT2D eigenvalue weighted by molar-refractivity contribution is -0.157. The zero-order chi connectivity index (χ0) is 61.1. The van der Waals surface area contributed by atoms with Gasteiger partial charge in [-0.05, 0) is 113 Å². The summed E-state index contributed by atoms with van der Waals surface area (Å²) in [6.07, 6.45) is 0.746. The number of fused-ring (bicyclic) bond motifs is 5. The molecule has 0 aromatic heterocycles. The van der Waals surface area contributed by atoms with Gasteiger partial charge in [0.25, 0.3) is 0 Å². The highest BCUT2D eigenvalue weighted by Crippen LogP contribution is 2.49. The molecule has 3 aromatic carbocycles. The third kappa shape index (κ3) is 17.2. The van der Waals surface area contributed by atoms with Gasteiger partial charge < -0.3 is 70.2 Å². The van der Waals surface area contributed by atoms with E-state index in [1.807, 2.05) is 44.2 Å². The average molecular weight is 1150 g/mol. The molecular weight excluding hydrogens is 1070 g/mol. The van der Waals surface area contributed by atoms with Crippen molar-refractivity contribution in [3.05, 3.63) is 95.6 Å². The van der Waals surface area contributed by atoms with Crippen molar-refractivity contribution >= 4 is 53.3 Å². The Labute approximate surface area is 485 Å². The molecule has 9 atom stereocenters. The molecular formula is C61H83N7O15. The van der Waals surface area contributed by atoms with Crippen molar-refractivity contribution in [2.24, 2.45) is 23.5 Å². The van der Waals surface area contributed by atoms with E-state index in [2.05, 4.69) is 26.6 Å². The summed E-state index contributed by atoms with van der Waals surface area (Å²) in [6.45, 7) is 17.9. The molecule has 83 heavy (non-hydrogen) atoms. The lowest BCUT2D eigenvalue weighted by Gasteiger charge is -2.42. The monoisotopic (exact) mass is 1150 g/mol. The summed E-state index contributed by atoms with van der Waals surface area (Å²) >= 11 is 0. The minimum atomic E-state index is -1.84. The van der Waals surface area contributed by atoms with Gasteiger partial charge in [-0.3, -0.25) is 24.5 Å². The van der Waals surface area contributed by atoms with Crippen LogP contribution in [0.2, 0.25) is 0 Å². The molecule has 0 spiro atoms. The van der Waals surface area contributed by atoms with Crippen LogP contribution in [0.5, 0.6) is 11.5 Å². The second-order valence-corrected chi connectivity index (χ2v) is 23.3. The molecule has 6 rings (SSSR count). The van der Waals surface area contributed by atoms with E-state index in [4.69, 9.17) is 38.9 Å². The highest BCUT2D eigenvalue weighted by atomic mass is 16.7. The molecule has 22 nitrogen and oxygen atoms in total. The van der Waals surface area contributed by atoms with Gasteiger partial charge in [0.15, 0.2) is 5.72 Å². The minimum absolute atomic E-state index is 0.0483. The maximum absolute atomic E-state index is 14.8. The number of urea groups is 1. The number of epoxide rings is 1. The minimum Gasteiger partial charge on any atom is -0.496 e. The van der Waals surface area contributed by atoms with E-state index in [-0.39, 0.29) is 44.2 Å². The fraction of sp³-hybridized carbons (Fsp3) is 0.525. The second kappa shape index (κ2) is 27.6. The SMILES string of the molecule is COc1cc2cc(c1-c1ccc(OCc3ccc(NC(=O)[C@H](CCCNC(N)=O)NC(=O)C(NC(=O)OC(C)(C)C)C(C)C)cc3)cc1)N(C)C(=O)C[C@H](OC(=O)C(C)C)[C@]1(C)O[C@H]1[C@H](C)[C@@H]1C[C@@](O)(NC(=O)O1)[C@H](OC)/C=C/C=C(\C)C2. The van der Waals surface area contributed by atoms with Crippen LogP contribution >= 0.6 is 0 Å². The standard InChI is InChI=1S/C61H83N7O15/c1-34(2)51(66-57(74)83-59(7,8)9)54(71)65-43(17-15-27-63-56(62)73)53(70)64-41-23-19-38(20-24-41)33-79-42-25-21-40(22-26-42)50-44-29-39(30-45(50)77-12)28-36(5)16-14-18-47(78-13)61(76)32-46(80-58(75)67-61)37(6)52-60(10,82-52)48(31-49(69)68(44)11)81-55(72)35(3)4/h14,16,18-26,29-30,34-35,37,43,46-48,51-52,76H,15,17,27-28,31-33H2,1-13H3,(H,64,70)(H,65,71)(H,66,74)(H,67,75)(H3,62,63,73)/b18-14+,36-16+/t37-,43+,46+,47-,48+,51?,52+,60+,61+/m1/s1. The molecule has 8 N–H and O–H groups in total. The van der Waals surface area contributed by atoms with Gasteiger partial charge in [0.1, 0.15) is 59.7 Å². The topological polar surface area (TPSA) is 297 Å². The van der Waals surface area contributed by atoms with Crippen LogP contribution in [-0.2, 0) is 55.9 Å². The number of esters is 1. The molecule has 3 heterocycles. The van der Waals surface area contributed by atoms with Crippen molar-refractivity contribution in [2.45, 2.75) is 161 Å². The third-order valence-electron chi connectivity index (χ3n) is 14.7. The van der Waals surface area contributed by atoms with Gasteiger partial charge in [0, 0.05) is 44.3 Å². The number of alkyl carbamates (subject to hydrolysis) is 2. The van der Waals surface area contributed by atoms with Crippen molar-refractivity contribution in [1.82, 2.24) is 21.3 Å². The number of rotatable bonds is 18. The summed E-state index contributed by atoms with van der Waals surface area (Å²) in [5.74, 6) is -2.39. The van der Waals surface area contributed by atoms with Gasteiger partial charge in [-0.25, -0.2) is 14.4 Å². The first-order valence-corrected chi connectivity index (χ1v) is 27.9. The number of nitrogens with zero attached hydrogens (tertiary/aromatic N) is 1. The van der Waals surface area contributed by atoms with E-state index in [0.29, 0.717) is 46.8 Å². The normalized spacial score (nSPS) is 24.5. The summed E-state index contributed by atoms with van der Waals surface area (Å²) in [5, 5.41) is 25.1. The molecule has 3 aliphatic rings. The Bertz CT molecular complexity index is 2890. The van der Waals surface area contributed by atoms with Gasteiger partial charge in [-0.1, -0.05) is 82.7 Å². The molecule has 2 fully saturated rings. The smallest absolute Gasteiger partial charge is 0.409 e. The summed E-state index contributed by atoms with van der Waals surface area (Å²) < 4.78 is 41.5. The van der Waals surface area contributed by atoms with Gasteiger partial charge in [0.2, 0.25) is 17.7 Å². The fourth-order valence-electron chi connectivity index (χ4n) is 10.0. The highest BCUT2D eigenvalue weighted by molar-refractivity contribution is 6.00. The molecule has 22 heteroatoms. The molecule has 7 amide bonds. The molecule has 0 radical (unpaired) electrons. The van der Waals surface area contributed by atoms with Crippen LogP contribution < -0.4 is 46.7 Å². The maximum Gasteiger partial charge on any atom is 0.409 e. The van der Waals surface area contributed by atoms with Crippen LogP contribution in [-0.4, -0.2) is 128 Å². The quantitative estimate of drug-likeness (QED) is 0.0284. The number of hydrogen-bond acceptors (Lipinski definition) is 15. The Balaban J connectivity index is 1.22. The van der Waals surface area contributed by atoms with Gasteiger partial charge in [0.05, 0.1) is 31.2 Å². The van der Waals surface area contributed by atoms with Crippen molar-refractivity contribution in [1.29, 1.82) is 0 Å². The van der Waals surface area contributed by atoms with Crippen molar-refractivity contribution in [3.8, 4) is 22.6 Å². The van der Waals surface area contributed by atoms with Crippen LogP contribution in [0.15, 0.2) is 84.5 Å². The van der Waals surface area contributed by atoms with Crippen molar-refractivity contribution in [3.63, 3.8) is 0 Å². The number of benzene rings is 3. The van der Waals surface area contributed by atoms with Crippen LogP contribution in [0.1, 0.15) is 106 Å². The highest BCUT2D eigenvalue weighted by Gasteiger charge is 2.64. The maximum atomic E-state index is 14.8. The predicted molar refractivity (Wildman–Crippen MR) is 310 cm³/mol. The molecule has 4 bridgehead atoms. The molecule has 1 unspecified atom stereocenters. The molecule has 3 aliphatic heterocycles. The Kier molecular flexibility index (Phi) is 21.4. The Morgan fingerprint density at radius 2 is 1.65 bits per heavy atom. The molecule has 0 aliphatic carbocycles. The summed E-state index contributed by atoms with van der Waals surface area (Å²) in [4.78, 5) is 93.9. The van der Waals surface area contributed by atoms with E-state index in [9.17, 15) is 38.7 Å². The first-order valence-electron chi connectivity index (χ1n) is 27.9. The van der Waals surface area contributed by atoms with Gasteiger partial charge >= 0.3 is 24.2 Å². The van der Waals surface area contributed by atoms with E-state index >= 15 is 0 Å². The number of methoxy groups -OCH3 is 2. The number of amides is 7. The number of carbonyl (C=O) groups is 7. The molecule has 3 aromatic rings. The van der Waals surface area contributed by atoms with E-state index < -0.39 is 101 Å². The fourth-order valence-corrected chi connectivity index (χ4v) is 10.0. The number of carbonyl (C=O) groups excluding carboxylic acids is 7. The Hall–Kier alpha value is -7.69. The van der Waals surface area contributed by atoms with Crippen molar-refractivity contribution in [2.75, 3.05) is 38.0 Å². The first-order chi connectivity index (χ1) is 39.0. The molecule has 452 valence electrons. The van der Waals surface area contributed by atoms with E-state index in [0.717, 1.165) is 16.7 Å². The Morgan fingerprint density at radius 3 is 2.27 bits per heavy atom. The number of nitrogens with one attached hydrogen (secondary N) is 5. The number of nitrogens with two attached hydrogens (primary N) is 1. The van der Waals surface area contributed by atoms with E-state index in [1.54, 1.807) is 118 Å². The number of primary amides is 1. The van der Waals surface area contributed by atoms with Crippen LogP contribution in [0.4, 0.5) is 25.8 Å². The van der Waals surface area contributed by atoms with Gasteiger partial charge in [-0.2, -0.15) is 0 Å². The number of anilines is 2. The summed E-state index contributed by atoms with van der Waals surface area (Å²) in [7, 11) is 4.65. The molecule has 0 saturated carbocycles. The average Bonchev–Trinajstić information content (AvgIpc) is 2.35. The second-order valence-electron chi connectivity index (χ2n) is 23.3. The van der Waals surface area contributed by atoms with Crippen LogP contribution in [0.25, 0.3) is 11.1 Å².